The molecule has 1 aromatic rings. The molecular weight excluding hydrogens is 334 g/mol. The molecule has 0 saturated carbocycles. The number of carbonyl (C=O) groups excluding carboxylic acids is 2. The minimum atomic E-state index is 0.0562. The van der Waals surface area contributed by atoms with Gasteiger partial charge < -0.3 is 14.7 Å². The minimum Gasteiger partial charge on any atom is -0.338 e. The van der Waals surface area contributed by atoms with E-state index in [0.717, 1.165) is 38.9 Å². The van der Waals surface area contributed by atoms with Gasteiger partial charge in [0.05, 0.1) is 9.21 Å². The Morgan fingerprint density at radius 3 is 2.61 bits per heavy atom. The van der Waals surface area contributed by atoms with Crippen molar-refractivity contribution in [2.45, 2.75) is 32.2 Å². The zero-order chi connectivity index (χ0) is 16.4. The van der Waals surface area contributed by atoms with Gasteiger partial charge in [-0.3, -0.25) is 4.79 Å². The van der Waals surface area contributed by atoms with E-state index in [2.05, 4.69) is 6.92 Å². The van der Waals surface area contributed by atoms with Crippen LogP contribution < -0.4 is 0 Å². The molecule has 23 heavy (non-hydrogen) atoms. The van der Waals surface area contributed by atoms with E-state index in [1.165, 1.54) is 11.3 Å². The van der Waals surface area contributed by atoms with E-state index in [4.69, 9.17) is 11.6 Å². The van der Waals surface area contributed by atoms with Crippen molar-refractivity contribution >= 4 is 34.9 Å². The van der Waals surface area contributed by atoms with Crippen LogP contribution in [-0.4, -0.2) is 65.4 Å². The van der Waals surface area contributed by atoms with Gasteiger partial charge in [0, 0.05) is 38.8 Å². The predicted octanol–water partition coefficient (Wildman–Crippen LogP) is 3.15. The number of halogens is 1. The Balaban J connectivity index is 1.54. The Morgan fingerprint density at radius 1 is 1.26 bits per heavy atom. The van der Waals surface area contributed by atoms with Gasteiger partial charge in [0.1, 0.15) is 0 Å². The Morgan fingerprint density at radius 2 is 2.00 bits per heavy atom. The monoisotopic (exact) mass is 355 g/mol. The van der Waals surface area contributed by atoms with E-state index in [9.17, 15) is 9.59 Å². The predicted molar refractivity (Wildman–Crippen MR) is 92.2 cm³/mol. The van der Waals surface area contributed by atoms with Crippen LogP contribution in [-0.2, 0) is 0 Å². The van der Waals surface area contributed by atoms with Crippen LogP contribution >= 0.6 is 22.9 Å². The highest BCUT2D eigenvalue weighted by Gasteiger charge is 2.35. The highest BCUT2D eigenvalue weighted by molar-refractivity contribution is 7.17. The second kappa shape index (κ2) is 7.09. The fourth-order valence-corrected chi connectivity index (χ4v) is 4.39. The van der Waals surface area contributed by atoms with Gasteiger partial charge in [-0.25, -0.2) is 4.79 Å². The van der Waals surface area contributed by atoms with Crippen LogP contribution in [0, 0.1) is 0 Å². The first-order valence-electron chi connectivity index (χ1n) is 8.20. The normalized spacial score (nSPS) is 19.7. The molecule has 3 heterocycles. The smallest absolute Gasteiger partial charge is 0.320 e. The highest BCUT2D eigenvalue weighted by Crippen LogP contribution is 2.26. The number of piperidine rings is 1. The quantitative estimate of drug-likeness (QED) is 0.832. The lowest BCUT2D eigenvalue weighted by Gasteiger charge is -2.36. The Bertz CT molecular complexity index is 584. The molecule has 2 fully saturated rings. The summed E-state index contributed by atoms with van der Waals surface area (Å²) in [6, 6.07) is 3.98. The molecule has 7 heteroatoms. The van der Waals surface area contributed by atoms with Crippen LogP contribution in [0.25, 0.3) is 0 Å². The van der Waals surface area contributed by atoms with Crippen LogP contribution in [0.5, 0.6) is 0 Å². The molecule has 2 aliphatic heterocycles. The van der Waals surface area contributed by atoms with Crippen molar-refractivity contribution in [3.8, 4) is 0 Å². The molecule has 2 saturated heterocycles. The van der Waals surface area contributed by atoms with Crippen molar-refractivity contribution < 1.29 is 9.59 Å². The van der Waals surface area contributed by atoms with E-state index in [-0.39, 0.29) is 18.0 Å². The van der Waals surface area contributed by atoms with E-state index in [1.807, 2.05) is 14.7 Å². The van der Waals surface area contributed by atoms with Gasteiger partial charge in [-0.2, -0.15) is 0 Å². The third kappa shape index (κ3) is 3.48. The van der Waals surface area contributed by atoms with E-state index >= 15 is 0 Å². The molecule has 0 aliphatic carbocycles. The maximum absolute atomic E-state index is 12.4. The molecule has 0 radical (unpaired) electrons. The Kier molecular flexibility index (Phi) is 5.11. The van der Waals surface area contributed by atoms with Crippen LogP contribution in [0.3, 0.4) is 0 Å². The molecule has 0 spiro atoms. The van der Waals surface area contributed by atoms with Crippen LogP contribution in [0.1, 0.15) is 35.9 Å². The molecular formula is C16H22ClN3O2S. The fraction of sp³-hybridized carbons (Fsp3) is 0.625. The highest BCUT2D eigenvalue weighted by atomic mass is 35.5. The van der Waals surface area contributed by atoms with E-state index < -0.39 is 0 Å². The van der Waals surface area contributed by atoms with Gasteiger partial charge in [0.15, 0.2) is 0 Å². The third-order valence-corrected chi connectivity index (χ3v) is 5.82. The van der Waals surface area contributed by atoms with Gasteiger partial charge in [-0.05, 0) is 31.4 Å². The van der Waals surface area contributed by atoms with Gasteiger partial charge in [-0.15, -0.1) is 11.3 Å². The number of hydrogen-bond donors (Lipinski definition) is 0. The number of rotatable bonds is 4. The Labute approximate surface area is 145 Å². The number of thiophene rings is 1. The molecule has 3 amide bonds. The number of amides is 3. The standard InChI is InChI=1S/C16H22ClN3O2S/c1-2-7-19-10-11-20(16(19)22)12-5-8-18(9-6-12)15(21)13-3-4-14(17)23-13/h3-4,12H,2,5-11H2,1H3. The molecule has 0 unspecified atom stereocenters. The second-order valence-corrected chi connectivity index (χ2v) is 7.81. The summed E-state index contributed by atoms with van der Waals surface area (Å²) in [5.41, 5.74) is 0. The zero-order valence-electron chi connectivity index (χ0n) is 13.3. The van der Waals surface area contributed by atoms with Crippen molar-refractivity contribution in [2.75, 3.05) is 32.7 Å². The maximum Gasteiger partial charge on any atom is 0.320 e. The molecule has 5 nitrogen and oxygen atoms in total. The summed E-state index contributed by atoms with van der Waals surface area (Å²) in [4.78, 5) is 31.3. The lowest BCUT2D eigenvalue weighted by atomic mass is 10.0. The summed E-state index contributed by atoms with van der Waals surface area (Å²) >= 11 is 7.23. The molecule has 0 N–H and O–H groups in total. The Hall–Kier alpha value is -1.27. The SMILES string of the molecule is CCCN1CCN(C2CCN(C(=O)c3ccc(Cl)s3)CC2)C1=O. The number of hydrogen-bond acceptors (Lipinski definition) is 3. The summed E-state index contributed by atoms with van der Waals surface area (Å²) in [6.45, 7) is 5.99. The molecule has 126 valence electrons. The topological polar surface area (TPSA) is 43.9 Å². The van der Waals surface area contributed by atoms with Crippen molar-refractivity contribution in [2.24, 2.45) is 0 Å². The summed E-state index contributed by atoms with van der Waals surface area (Å²) in [5, 5.41) is 0. The molecule has 0 bridgehead atoms. The number of carbonyl (C=O) groups is 2. The first-order valence-corrected chi connectivity index (χ1v) is 9.39. The molecule has 2 aliphatic rings. The van der Waals surface area contributed by atoms with Crippen molar-refractivity contribution in [3.05, 3.63) is 21.3 Å². The summed E-state index contributed by atoms with van der Waals surface area (Å²) in [6.07, 6.45) is 2.71. The first-order chi connectivity index (χ1) is 11.1. The zero-order valence-corrected chi connectivity index (χ0v) is 14.9. The summed E-state index contributed by atoms with van der Waals surface area (Å²) in [7, 11) is 0. The molecule has 0 atom stereocenters. The maximum atomic E-state index is 12.4. The largest absolute Gasteiger partial charge is 0.338 e. The summed E-state index contributed by atoms with van der Waals surface area (Å²) < 4.78 is 0.641. The van der Waals surface area contributed by atoms with Gasteiger partial charge in [0.25, 0.3) is 5.91 Å². The van der Waals surface area contributed by atoms with Crippen molar-refractivity contribution in [1.82, 2.24) is 14.7 Å². The van der Waals surface area contributed by atoms with Crippen LogP contribution in [0.2, 0.25) is 4.34 Å². The number of urea groups is 1. The van der Waals surface area contributed by atoms with Gasteiger partial charge in [-0.1, -0.05) is 18.5 Å². The average molecular weight is 356 g/mol. The van der Waals surface area contributed by atoms with Crippen LogP contribution in [0.15, 0.2) is 12.1 Å². The first kappa shape index (κ1) is 16.6. The third-order valence-electron chi connectivity index (χ3n) is 4.60. The molecule has 1 aromatic heterocycles. The average Bonchev–Trinajstić information content (AvgIpc) is 3.14. The van der Waals surface area contributed by atoms with Crippen molar-refractivity contribution in [3.63, 3.8) is 0 Å². The van der Waals surface area contributed by atoms with E-state index in [1.54, 1.807) is 12.1 Å². The second-order valence-electron chi connectivity index (χ2n) is 6.09. The fourth-order valence-electron chi connectivity index (χ4n) is 3.38. The van der Waals surface area contributed by atoms with Crippen molar-refractivity contribution in [1.29, 1.82) is 0 Å². The number of likely N-dealkylation sites (tertiary alicyclic amines) is 1. The lowest BCUT2D eigenvalue weighted by Crippen LogP contribution is -2.48. The lowest BCUT2D eigenvalue weighted by molar-refractivity contribution is 0.0668. The number of nitrogens with zero attached hydrogens (tertiary/aromatic N) is 3. The van der Waals surface area contributed by atoms with E-state index in [0.29, 0.717) is 22.3 Å². The van der Waals surface area contributed by atoms with Crippen LogP contribution in [0.4, 0.5) is 4.79 Å². The summed E-state index contributed by atoms with van der Waals surface area (Å²) in [5.74, 6) is 0.0562. The van der Waals surface area contributed by atoms with Gasteiger partial charge >= 0.3 is 6.03 Å². The minimum absolute atomic E-state index is 0.0562. The molecule has 3 rings (SSSR count). The molecule has 0 aromatic carbocycles. The van der Waals surface area contributed by atoms with Gasteiger partial charge in [0.2, 0.25) is 0 Å².